The SMILES string of the molecule is COC(=O)c1ccc(-n2cccc2[C@H]2[C@H](c3ccccn3)NC(=S)N2CCCO)cc1. The zero-order valence-corrected chi connectivity index (χ0v) is 18.0. The van der Waals surface area contributed by atoms with Crippen molar-refractivity contribution in [1.82, 2.24) is 19.8 Å². The van der Waals surface area contributed by atoms with E-state index in [2.05, 4.69) is 25.8 Å². The molecule has 7 nitrogen and oxygen atoms in total. The van der Waals surface area contributed by atoms with E-state index < -0.39 is 0 Å². The van der Waals surface area contributed by atoms with Crippen LogP contribution in [-0.2, 0) is 4.74 Å². The Morgan fingerprint density at radius 1 is 1.19 bits per heavy atom. The molecular weight excluding hydrogens is 412 g/mol. The van der Waals surface area contributed by atoms with E-state index in [0.717, 1.165) is 17.1 Å². The smallest absolute Gasteiger partial charge is 0.337 e. The van der Waals surface area contributed by atoms with Crippen LogP contribution in [0.5, 0.6) is 0 Å². The first-order valence-electron chi connectivity index (χ1n) is 10.1. The molecular formula is C23H24N4O3S. The van der Waals surface area contributed by atoms with E-state index in [4.69, 9.17) is 17.0 Å². The van der Waals surface area contributed by atoms with E-state index >= 15 is 0 Å². The van der Waals surface area contributed by atoms with Gasteiger partial charge in [-0.05, 0) is 67.2 Å². The summed E-state index contributed by atoms with van der Waals surface area (Å²) in [6, 6.07) is 17.0. The van der Waals surface area contributed by atoms with Gasteiger partial charge in [-0.3, -0.25) is 4.98 Å². The Morgan fingerprint density at radius 3 is 2.68 bits per heavy atom. The van der Waals surface area contributed by atoms with Gasteiger partial charge in [0, 0.05) is 36.9 Å². The van der Waals surface area contributed by atoms with Gasteiger partial charge in [0.1, 0.15) is 0 Å². The first-order chi connectivity index (χ1) is 15.1. The van der Waals surface area contributed by atoms with Crippen LogP contribution in [0.2, 0.25) is 0 Å². The molecule has 4 rings (SSSR count). The monoisotopic (exact) mass is 436 g/mol. The van der Waals surface area contributed by atoms with Crippen molar-refractivity contribution in [2.75, 3.05) is 20.3 Å². The Bertz CT molecular complexity index is 1050. The summed E-state index contributed by atoms with van der Waals surface area (Å²) in [5, 5.41) is 13.4. The number of rotatable bonds is 7. The third-order valence-corrected chi connectivity index (χ3v) is 5.76. The van der Waals surface area contributed by atoms with E-state index in [0.29, 0.717) is 23.6 Å². The molecule has 2 N–H and O–H groups in total. The molecule has 3 aromatic rings. The predicted molar refractivity (Wildman–Crippen MR) is 121 cm³/mol. The summed E-state index contributed by atoms with van der Waals surface area (Å²) in [6.07, 6.45) is 4.38. The number of carbonyl (C=O) groups excluding carboxylic acids is 1. The number of nitrogens with zero attached hydrogens (tertiary/aromatic N) is 3. The van der Waals surface area contributed by atoms with E-state index in [1.54, 1.807) is 18.3 Å². The molecule has 0 aliphatic carbocycles. The van der Waals surface area contributed by atoms with Gasteiger partial charge >= 0.3 is 5.97 Å². The van der Waals surface area contributed by atoms with E-state index in [-0.39, 0.29) is 24.7 Å². The molecule has 0 saturated carbocycles. The molecule has 1 aromatic carbocycles. The number of pyridine rings is 1. The number of methoxy groups -OCH3 is 1. The standard InChI is InChI=1S/C23H24N4O3S/c1-30-22(29)16-8-10-17(11-9-16)26-13-4-7-19(26)21-20(18-6-2-3-12-24-18)25-23(31)27(21)14-5-15-28/h2-4,6-13,20-21,28H,5,14-15H2,1H3,(H,25,31)/t20-,21-/m0/s1. The largest absolute Gasteiger partial charge is 0.465 e. The molecule has 3 heterocycles. The average molecular weight is 437 g/mol. The first kappa shape index (κ1) is 21.0. The molecule has 0 amide bonds. The van der Waals surface area contributed by atoms with Gasteiger partial charge in [-0.1, -0.05) is 6.07 Å². The van der Waals surface area contributed by atoms with Gasteiger partial charge in [-0.25, -0.2) is 4.79 Å². The Hall–Kier alpha value is -3.23. The van der Waals surface area contributed by atoms with Crippen LogP contribution in [0.1, 0.15) is 40.3 Å². The number of thiocarbonyl (C=S) groups is 1. The lowest BCUT2D eigenvalue weighted by Gasteiger charge is -2.28. The number of hydrogen-bond acceptors (Lipinski definition) is 5. The van der Waals surface area contributed by atoms with Crippen LogP contribution in [0.25, 0.3) is 5.69 Å². The summed E-state index contributed by atoms with van der Waals surface area (Å²) in [5.74, 6) is -0.366. The summed E-state index contributed by atoms with van der Waals surface area (Å²) < 4.78 is 6.88. The van der Waals surface area contributed by atoms with Crippen LogP contribution in [0.4, 0.5) is 0 Å². The molecule has 1 fully saturated rings. The van der Waals surface area contributed by atoms with E-state index in [9.17, 15) is 9.90 Å². The van der Waals surface area contributed by atoms with Crippen LogP contribution in [0, 0.1) is 0 Å². The number of carbonyl (C=O) groups is 1. The van der Waals surface area contributed by atoms with Crippen LogP contribution in [0.3, 0.4) is 0 Å². The highest BCUT2D eigenvalue weighted by Gasteiger charge is 2.40. The number of nitrogens with one attached hydrogen (secondary N) is 1. The molecule has 0 radical (unpaired) electrons. The van der Waals surface area contributed by atoms with Gasteiger partial charge in [0.05, 0.1) is 30.5 Å². The van der Waals surface area contributed by atoms with Crippen molar-refractivity contribution in [1.29, 1.82) is 0 Å². The number of esters is 1. The minimum Gasteiger partial charge on any atom is -0.465 e. The van der Waals surface area contributed by atoms with E-state index in [1.165, 1.54) is 7.11 Å². The summed E-state index contributed by atoms with van der Waals surface area (Å²) in [7, 11) is 1.37. The fourth-order valence-electron chi connectivity index (χ4n) is 3.96. The highest BCUT2D eigenvalue weighted by Crippen LogP contribution is 2.39. The topological polar surface area (TPSA) is 79.6 Å². The highest BCUT2D eigenvalue weighted by molar-refractivity contribution is 7.80. The zero-order valence-electron chi connectivity index (χ0n) is 17.1. The number of aliphatic hydroxyl groups is 1. The van der Waals surface area contributed by atoms with Crippen molar-refractivity contribution in [3.8, 4) is 5.69 Å². The zero-order chi connectivity index (χ0) is 21.8. The minimum atomic E-state index is -0.366. The number of aromatic nitrogens is 2. The van der Waals surface area contributed by atoms with Crippen molar-refractivity contribution >= 4 is 23.3 Å². The number of aliphatic hydroxyl groups excluding tert-OH is 1. The molecule has 1 aliphatic heterocycles. The molecule has 2 atom stereocenters. The van der Waals surface area contributed by atoms with Crippen molar-refractivity contribution in [3.05, 3.63) is 83.9 Å². The third-order valence-electron chi connectivity index (χ3n) is 5.40. The van der Waals surface area contributed by atoms with Crippen molar-refractivity contribution in [2.45, 2.75) is 18.5 Å². The van der Waals surface area contributed by atoms with Crippen molar-refractivity contribution < 1.29 is 14.6 Å². The summed E-state index contributed by atoms with van der Waals surface area (Å²) >= 11 is 5.65. The Morgan fingerprint density at radius 2 is 2.00 bits per heavy atom. The Labute approximate surface area is 186 Å². The second-order valence-corrected chi connectivity index (χ2v) is 7.63. The second-order valence-electron chi connectivity index (χ2n) is 7.24. The molecule has 0 spiro atoms. The second kappa shape index (κ2) is 9.28. The Kier molecular flexibility index (Phi) is 6.29. The molecule has 0 unspecified atom stereocenters. The molecule has 1 saturated heterocycles. The van der Waals surface area contributed by atoms with E-state index in [1.807, 2.05) is 42.6 Å². The number of ether oxygens (including phenoxy) is 1. The average Bonchev–Trinajstić information content (AvgIpc) is 3.42. The number of hydrogen-bond donors (Lipinski definition) is 2. The fourth-order valence-corrected chi connectivity index (χ4v) is 4.29. The highest BCUT2D eigenvalue weighted by atomic mass is 32.1. The van der Waals surface area contributed by atoms with Crippen LogP contribution in [0.15, 0.2) is 67.0 Å². The fraction of sp³-hybridized carbons (Fsp3) is 0.261. The molecule has 160 valence electrons. The molecule has 31 heavy (non-hydrogen) atoms. The summed E-state index contributed by atoms with van der Waals surface area (Å²) in [5.41, 5.74) is 3.36. The molecule has 8 heteroatoms. The van der Waals surface area contributed by atoms with Gasteiger partial charge in [0.15, 0.2) is 5.11 Å². The lowest BCUT2D eigenvalue weighted by molar-refractivity contribution is 0.0600. The van der Waals surface area contributed by atoms with Crippen LogP contribution in [-0.4, -0.2) is 50.9 Å². The lowest BCUT2D eigenvalue weighted by atomic mass is 10.0. The lowest BCUT2D eigenvalue weighted by Crippen LogP contribution is -2.31. The van der Waals surface area contributed by atoms with Crippen molar-refractivity contribution in [2.24, 2.45) is 0 Å². The summed E-state index contributed by atoms with van der Waals surface area (Å²) in [6.45, 7) is 0.721. The van der Waals surface area contributed by atoms with Crippen LogP contribution >= 0.6 is 12.2 Å². The van der Waals surface area contributed by atoms with Gasteiger partial charge in [-0.2, -0.15) is 0 Å². The van der Waals surface area contributed by atoms with Crippen LogP contribution < -0.4 is 5.32 Å². The molecule has 0 bridgehead atoms. The summed E-state index contributed by atoms with van der Waals surface area (Å²) in [4.78, 5) is 18.4. The predicted octanol–water partition coefficient (Wildman–Crippen LogP) is 3.01. The molecule has 1 aliphatic rings. The Balaban J connectivity index is 1.74. The number of benzene rings is 1. The van der Waals surface area contributed by atoms with Gasteiger partial charge in [0.2, 0.25) is 0 Å². The third kappa shape index (κ3) is 4.17. The first-order valence-corrected chi connectivity index (χ1v) is 10.5. The van der Waals surface area contributed by atoms with Gasteiger partial charge in [-0.15, -0.1) is 0 Å². The normalized spacial score (nSPS) is 18.1. The van der Waals surface area contributed by atoms with Gasteiger partial charge in [0.25, 0.3) is 0 Å². The van der Waals surface area contributed by atoms with Gasteiger partial charge < -0.3 is 24.6 Å². The maximum Gasteiger partial charge on any atom is 0.337 e. The maximum atomic E-state index is 11.8. The maximum absolute atomic E-state index is 11.8. The molecule has 2 aromatic heterocycles. The quantitative estimate of drug-likeness (QED) is 0.435. The van der Waals surface area contributed by atoms with Crippen molar-refractivity contribution in [3.63, 3.8) is 0 Å². The minimum absolute atomic E-state index is 0.0933.